The first kappa shape index (κ1) is 12.7. The summed E-state index contributed by atoms with van der Waals surface area (Å²) in [7, 11) is 0. The number of aromatic nitrogens is 4. The first-order valence-electron chi connectivity index (χ1n) is 5.40. The number of anilines is 1. The molecule has 1 amide bonds. The van der Waals surface area contributed by atoms with Crippen LogP contribution in [-0.2, 0) is 11.3 Å². The molecule has 0 saturated heterocycles. The molecule has 0 aliphatic rings. The summed E-state index contributed by atoms with van der Waals surface area (Å²) in [6.45, 7) is 1.47. The van der Waals surface area contributed by atoms with Gasteiger partial charge in [-0.1, -0.05) is 5.21 Å². The average Bonchev–Trinajstić information content (AvgIpc) is 2.76. The number of rotatable bonds is 4. The summed E-state index contributed by atoms with van der Waals surface area (Å²) in [5.74, 6) is -1.51. The third-order valence-electron chi connectivity index (χ3n) is 2.22. The summed E-state index contributed by atoms with van der Waals surface area (Å²) in [5, 5.41) is 18.4. The molecule has 2 rings (SSSR count). The molecule has 2 N–H and O–H groups in total. The van der Waals surface area contributed by atoms with Crippen molar-refractivity contribution < 1.29 is 14.7 Å². The van der Waals surface area contributed by atoms with E-state index in [1.807, 2.05) is 0 Å². The van der Waals surface area contributed by atoms with Crippen molar-refractivity contribution in [2.75, 3.05) is 5.32 Å². The molecule has 2 aromatic rings. The van der Waals surface area contributed by atoms with E-state index in [0.29, 0.717) is 5.69 Å². The lowest BCUT2D eigenvalue weighted by molar-refractivity contribution is -0.137. The van der Waals surface area contributed by atoms with Gasteiger partial charge in [-0.15, -0.1) is 5.10 Å². The average molecular weight is 261 g/mol. The molecule has 0 aliphatic carbocycles. The third-order valence-corrected chi connectivity index (χ3v) is 2.22. The van der Waals surface area contributed by atoms with Crippen LogP contribution in [0.5, 0.6) is 0 Å². The Kier molecular flexibility index (Phi) is 3.51. The molecule has 0 atom stereocenters. The number of amides is 1. The van der Waals surface area contributed by atoms with Crippen LogP contribution in [0, 0.1) is 6.92 Å². The number of carboxylic acids is 1. The van der Waals surface area contributed by atoms with Gasteiger partial charge in [0.15, 0.2) is 5.69 Å². The second-order valence-corrected chi connectivity index (χ2v) is 3.84. The minimum absolute atomic E-state index is 0.0516. The van der Waals surface area contributed by atoms with Gasteiger partial charge in [0.1, 0.15) is 6.54 Å². The fraction of sp³-hybridized carbons (Fsp3) is 0.182. The van der Waals surface area contributed by atoms with E-state index in [1.165, 1.54) is 6.20 Å². The van der Waals surface area contributed by atoms with E-state index in [2.05, 4.69) is 20.6 Å². The fourth-order valence-corrected chi connectivity index (χ4v) is 1.44. The van der Waals surface area contributed by atoms with Gasteiger partial charge in [-0.2, -0.15) is 0 Å². The molecule has 8 heteroatoms. The molecule has 19 heavy (non-hydrogen) atoms. The highest BCUT2D eigenvalue weighted by molar-refractivity contribution is 6.02. The van der Waals surface area contributed by atoms with Crippen molar-refractivity contribution in [2.24, 2.45) is 0 Å². The predicted octanol–water partition coefficient (Wildman–Crippen LogP) is 0.318. The first-order chi connectivity index (χ1) is 9.04. The van der Waals surface area contributed by atoms with Crippen LogP contribution in [-0.4, -0.2) is 37.0 Å². The maximum atomic E-state index is 11.8. The molecule has 0 fully saturated rings. The Balaban J connectivity index is 2.07. The quantitative estimate of drug-likeness (QED) is 0.820. The number of carbonyl (C=O) groups excluding carboxylic acids is 1. The number of carboxylic acid groups (broad SMARTS) is 1. The van der Waals surface area contributed by atoms with E-state index >= 15 is 0 Å². The van der Waals surface area contributed by atoms with Crippen LogP contribution in [0.25, 0.3) is 0 Å². The van der Waals surface area contributed by atoms with Crippen molar-refractivity contribution in [2.45, 2.75) is 13.5 Å². The number of hydrogen-bond acceptors (Lipinski definition) is 5. The Morgan fingerprint density at radius 2 is 2.26 bits per heavy atom. The van der Waals surface area contributed by atoms with Gasteiger partial charge in [0.2, 0.25) is 0 Å². The molecule has 98 valence electrons. The molecule has 0 unspecified atom stereocenters. The van der Waals surface area contributed by atoms with Gasteiger partial charge in [0.05, 0.1) is 6.20 Å². The summed E-state index contributed by atoms with van der Waals surface area (Å²) in [6.07, 6.45) is 2.85. The van der Waals surface area contributed by atoms with Gasteiger partial charge in [-0.25, -0.2) is 4.68 Å². The van der Waals surface area contributed by atoms with Crippen molar-refractivity contribution in [3.05, 3.63) is 35.9 Å². The van der Waals surface area contributed by atoms with E-state index < -0.39 is 11.9 Å². The van der Waals surface area contributed by atoms with Crippen molar-refractivity contribution in [3.63, 3.8) is 0 Å². The maximum absolute atomic E-state index is 11.8. The molecule has 8 nitrogen and oxygen atoms in total. The molecule has 0 aliphatic heterocycles. The lowest BCUT2D eigenvalue weighted by Crippen LogP contribution is -2.13. The zero-order chi connectivity index (χ0) is 13.8. The van der Waals surface area contributed by atoms with Gasteiger partial charge in [-0.05, 0) is 19.1 Å². The summed E-state index contributed by atoms with van der Waals surface area (Å²) in [6, 6.07) is 3.35. The number of nitrogens with zero attached hydrogens (tertiary/aromatic N) is 4. The van der Waals surface area contributed by atoms with Crippen molar-refractivity contribution in [1.29, 1.82) is 0 Å². The number of aliphatic carboxylic acids is 1. The van der Waals surface area contributed by atoms with E-state index in [4.69, 9.17) is 5.11 Å². The molecular formula is C11H11N5O3. The number of pyridine rings is 1. The first-order valence-corrected chi connectivity index (χ1v) is 5.40. The van der Waals surface area contributed by atoms with Gasteiger partial charge >= 0.3 is 5.97 Å². The van der Waals surface area contributed by atoms with Crippen LogP contribution >= 0.6 is 0 Å². The highest BCUT2D eigenvalue weighted by Gasteiger charge is 2.12. The molecule has 2 heterocycles. The Labute approximate surface area is 108 Å². The second kappa shape index (κ2) is 5.25. The zero-order valence-electron chi connectivity index (χ0n) is 10.1. The Bertz CT molecular complexity index is 622. The summed E-state index contributed by atoms with van der Waals surface area (Å²) in [4.78, 5) is 26.3. The lowest BCUT2D eigenvalue weighted by atomic mass is 10.3. The van der Waals surface area contributed by atoms with Crippen LogP contribution in [0.4, 0.5) is 5.69 Å². The minimum atomic E-state index is -1.05. The Morgan fingerprint density at radius 3 is 2.95 bits per heavy atom. The lowest BCUT2D eigenvalue weighted by Gasteiger charge is -2.02. The molecule has 2 aromatic heterocycles. The zero-order valence-corrected chi connectivity index (χ0v) is 10.1. The number of aryl methyl sites for hydroxylation is 1. The predicted molar refractivity (Wildman–Crippen MR) is 64.6 cm³/mol. The van der Waals surface area contributed by atoms with Crippen LogP contribution in [0.3, 0.4) is 0 Å². The van der Waals surface area contributed by atoms with Gasteiger partial charge in [0, 0.05) is 17.6 Å². The van der Waals surface area contributed by atoms with Gasteiger partial charge < -0.3 is 10.4 Å². The summed E-state index contributed by atoms with van der Waals surface area (Å²) < 4.78 is 1.08. The minimum Gasteiger partial charge on any atom is -0.480 e. The fourth-order valence-electron chi connectivity index (χ4n) is 1.44. The van der Waals surface area contributed by atoms with E-state index in [0.717, 1.165) is 10.4 Å². The number of hydrogen-bond donors (Lipinski definition) is 2. The molecule has 0 radical (unpaired) electrons. The van der Waals surface area contributed by atoms with Gasteiger partial charge in [0.25, 0.3) is 5.91 Å². The Morgan fingerprint density at radius 1 is 1.47 bits per heavy atom. The third kappa shape index (κ3) is 3.35. The highest BCUT2D eigenvalue weighted by atomic mass is 16.4. The standard InChI is InChI=1S/C11H11N5O3/c1-7-4-8(2-3-12-7)13-11(19)9-5-16(15-14-9)6-10(17)18/h2-5H,6H2,1H3,(H,17,18)(H,12,13,19). The molecular weight excluding hydrogens is 250 g/mol. The molecule has 0 spiro atoms. The van der Waals surface area contributed by atoms with Crippen molar-refractivity contribution in [1.82, 2.24) is 20.0 Å². The van der Waals surface area contributed by atoms with Crippen LogP contribution in [0.2, 0.25) is 0 Å². The van der Waals surface area contributed by atoms with Crippen molar-refractivity contribution in [3.8, 4) is 0 Å². The number of nitrogens with one attached hydrogen (secondary N) is 1. The van der Waals surface area contributed by atoms with Crippen LogP contribution < -0.4 is 5.32 Å². The van der Waals surface area contributed by atoms with Crippen LogP contribution in [0.1, 0.15) is 16.2 Å². The normalized spacial score (nSPS) is 10.2. The van der Waals surface area contributed by atoms with E-state index in [9.17, 15) is 9.59 Å². The smallest absolute Gasteiger partial charge is 0.325 e. The van der Waals surface area contributed by atoms with E-state index in [1.54, 1.807) is 25.3 Å². The maximum Gasteiger partial charge on any atom is 0.325 e. The largest absolute Gasteiger partial charge is 0.480 e. The monoisotopic (exact) mass is 261 g/mol. The molecule has 0 bridgehead atoms. The van der Waals surface area contributed by atoms with Gasteiger partial charge in [-0.3, -0.25) is 14.6 Å². The van der Waals surface area contributed by atoms with E-state index in [-0.39, 0.29) is 12.2 Å². The SMILES string of the molecule is Cc1cc(NC(=O)c2cn(CC(=O)O)nn2)ccn1. The topological polar surface area (TPSA) is 110 Å². The summed E-state index contributed by atoms with van der Waals surface area (Å²) in [5.41, 5.74) is 1.41. The van der Waals surface area contributed by atoms with Crippen molar-refractivity contribution >= 4 is 17.6 Å². The molecule has 0 aromatic carbocycles. The second-order valence-electron chi connectivity index (χ2n) is 3.84. The number of carbonyl (C=O) groups is 2. The summed E-state index contributed by atoms with van der Waals surface area (Å²) >= 11 is 0. The molecule has 0 saturated carbocycles. The highest BCUT2D eigenvalue weighted by Crippen LogP contribution is 2.08. The van der Waals surface area contributed by atoms with Crippen LogP contribution in [0.15, 0.2) is 24.5 Å². The Hall–Kier alpha value is -2.77.